The van der Waals surface area contributed by atoms with Crippen molar-refractivity contribution in [2.75, 3.05) is 61.9 Å². The van der Waals surface area contributed by atoms with Crippen molar-refractivity contribution in [3.05, 3.63) is 54.6 Å². The van der Waals surface area contributed by atoms with Gasteiger partial charge in [-0.25, -0.2) is 9.97 Å². The molecule has 0 radical (unpaired) electrons. The molecule has 1 aliphatic rings. The van der Waals surface area contributed by atoms with E-state index < -0.39 is 0 Å². The van der Waals surface area contributed by atoms with Gasteiger partial charge in [0.1, 0.15) is 17.6 Å². The number of oxazole rings is 1. The van der Waals surface area contributed by atoms with E-state index in [0.29, 0.717) is 11.5 Å². The van der Waals surface area contributed by atoms with Crippen molar-refractivity contribution < 1.29 is 9.21 Å². The van der Waals surface area contributed by atoms with E-state index >= 15 is 0 Å². The predicted octanol–water partition coefficient (Wildman–Crippen LogP) is 3.59. The van der Waals surface area contributed by atoms with Crippen LogP contribution in [-0.4, -0.2) is 67.6 Å². The van der Waals surface area contributed by atoms with Gasteiger partial charge < -0.3 is 24.4 Å². The zero-order valence-corrected chi connectivity index (χ0v) is 18.9. The summed E-state index contributed by atoms with van der Waals surface area (Å²) in [6.07, 6.45) is 6.02. The second-order valence-corrected chi connectivity index (χ2v) is 8.01. The highest BCUT2D eigenvalue weighted by atomic mass is 16.3. The fraction of sp³-hybridized carbons (Fsp3) is 0.375. The van der Waals surface area contributed by atoms with Crippen molar-refractivity contribution in [3.8, 4) is 11.5 Å². The van der Waals surface area contributed by atoms with Crippen LogP contribution in [0.15, 0.2) is 53.4 Å². The second-order valence-electron chi connectivity index (χ2n) is 8.01. The number of nitrogens with one attached hydrogen (secondary N) is 1. The van der Waals surface area contributed by atoms with E-state index in [0.717, 1.165) is 61.9 Å². The van der Waals surface area contributed by atoms with Gasteiger partial charge in [-0.05, 0) is 24.6 Å². The van der Waals surface area contributed by atoms with Crippen LogP contribution in [0.25, 0.3) is 11.5 Å². The lowest BCUT2D eigenvalue weighted by atomic mass is 10.1. The molecule has 4 rings (SSSR count). The zero-order valence-electron chi connectivity index (χ0n) is 18.9. The van der Waals surface area contributed by atoms with E-state index in [2.05, 4.69) is 38.1 Å². The molecule has 0 spiro atoms. The van der Waals surface area contributed by atoms with Gasteiger partial charge in [0, 0.05) is 58.7 Å². The smallest absolute Gasteiger partial charge is 0.259 e. The molecule has 0 atom stereocenters. The number of nitrogens with zero attached hydrogens (tertiary/aromatic N) is 5. The molecule has 0 unspecified atom stereocenters. The van der Waals surface area contributed by atoms with Gasteiger partial charge in [-0.15, -0.1) is 0 Å². The van der Waals surface area contributed by atoms with Gasteiger partial charge in [0.05, 0.1) is 17.4 Å². The normalized spacial score (nSPS) is 13.8. The standard InChI is InChI=1S/C24H30N6O2/c1-4-10-25-19-9-11-26-22(21(19)24(31)28(2)3)30-15-13-29(14-16-30)20-8-6-5-7-18(20)23-27-12-17-32-23/h5-9,11-12,17H,4,10,13-16H2,1-3H3,(H,25,26). The largest absolute Gasteiger partial charge is 0.444 e. The Morgan fingerprint density at radius 3 is 2.50 bits per heavy atom. The summed E-state index contributed by atoms with van der Waals surface area (Å²) in [6, 6.07) is 10.1. The Hall–Kier alpha value is -3.55. The van der Waals surface area contributed by atoms with Crippen molar-refractivity contribution in [1.29, 1.82) is 0 Å². The lowest BCUT2D eigenvalue weighted by molar-refractivity contribution is 0.0828. The van der Waals surface area contributed by atoms with Crippen LogP contribution in [0.2, 0.25) is 0 Å². The molecule has 1 aromatic carbocycles. The van der Waals surface area contributed by atoms with Crippen LogP contribution in [-0.2, 0) is 0 Å². The highest BCUT2D eigenvalue weighted by Crippen LogP contribution is 2.32. The van der Waals surface area contributed by atoms with E-state index in [-0.39, 0.29) is 5.91 Å². The molecule has 1 amide bonds. The first-order valence-corrected chi connectivity index (χ1v) is 11.0. The van der Waals surface area contributed by atoms with Gasteiger partial charge in [-0.2, -0.15) is 0 Å². The molecule has 1 saturated heterocycles. The summed E-state index contributed by atoms with van der Waals surface area (Å²) < 4.78 is 5.54. The van der Waals surface area contributed by atoms with Crippen molar-refractivity contribution in [2.45, 2.75) is 13.3 Å². The van der Waals surface area contributed by atoms with Crippen LogP contribution >= 0.6 is 0 Å². The van der Waals surface area contributed by atoms with Crippen LogP contribution in [0.1, 0.15) is 23.7 Å². The summed E-state index contributed by atoms with van der Waals surface area (Å²) in [5, 5.41) is 3.39. The molecule has 0 bridgehead atoms. The maximum Gasteiger partial charge on any atom is 0.259 e. The lowest BCUT2D eigenvalue weighted by Gasteiger charge is -2.38. The number of piperazine rings is 1. The van der Waals surface area contributed by atoms with Gasteiger partial charge in [-0.3, -0.25) is 4.79 Å². The Kier molecular flexibility index (Phi) is 6.58. The molecule has 0 aliphatic carbocycles. The summed E-state index contributed by atoms with van der Waals surface area (Å²) in [5.74, 6) is 1.33. The molecule has 0 saturated carbocycles. The number of para-hydroxylation sites is 1. The molecule has 1 N–H and O–H groups in total. The van der Waals surface area contributed by atoms with E-state index in [1.165, 1.54) is 0 Å². The quantitative estimate of drug-likeness (QED) is 0.609. The number of rotatable bonds is 7. The fourth-order valence-corrected chi connectivity index (χ4v) is 3.98. The Balaban J connectivity index is 1.57. The molecule has 1 fully saturated rings. The summed E-state index contributed by atoms with van der Waals surface area (Å²) in [5.41, 5.74) is 3.57. The number of anilines is 3. The van der Waals surface area contributed by atoms with Crippen LogP contribution < -0.4 is 15.1 Å². The fourth-order valence-electron chi connectivity index (χ4n) is 3.98. The molecule has 2 aromatic heterocycles. The van der Waals surface area contributed by atoms with Crippen molar-refractivity contribution in [1.82, 2.24) is 14.9 Å². The number of carbonyl (C=O) groups excluding carboxylic acids is 1. The number of hydrogen-bond donors (Lipinski definition) is 1. The maximum atomic E-state index is 13.0. The van der Waals surface area contributed by atoms with Gasteiger partial charge >= 0.3 is 0 Å². The monoisotopic (exact) mass is 434 g/mol. The van der Waals surface area contributed by atoms with Gasteiger partial charge in [0.2, 0.25) is 5.89 Å². The summed E-state index contributed by atoms with van der Waals surface area (Å²) >= 11 is 0. The molecule has 1 aliphatic heterocycles. The lowest BCUT2D eigenvalue weighted by Crippen LogP contribution is -2.47. The minimum atomic E-state index is -0.0385. The number of hydrogen-bond acceptors (Lipinski definition) is 7. The molecule has 168 valence electrons. The third-order valence-electron chi connectivity index (χ3n) is 5.60. The number of pyridine rings is 1. The minimum Gasteiger partial charge on any atom is -0.444 e. The summed E-state index contributed by atoms with van der Waals surface area (Å²) in [6.45, 7) is 6.05. The Morgan fingerprint density at radius 2 is 1.81 bits per heavy atom. The summed E-state index contributed by atoms with van der Waals surface area (Å²) in [7, 11) is 3.56. The molecular weight excluding hydrogens is 404 g/mol. The van der Waals surface area contributed by atoms with E-state index in [1.807, 2.05) is 24.3 Å². The van der Waals surface area contributed by atoms with Crippen molar-refractivity contribution >= 4 is 23.1 Å². The average molecular weight is 435 g/mol. The van der Waals surface area contributed by atoms with Gasteiger partial charge in [0.25, 0.3) is 5.91 Å². The van der Waals surface area contributed by atoms with Gasteiger partial charge in [0.15, 0.2) is 0 Å². The first kappa shape index (κ1) is 21.7. The van der Waals surface area contributed by atoms with Gasteiger partial charge in [-0.1, -0.05) is 19.1 Å². The molecule has 8 heteroatoms. The van der Waals surface area contributed by atoms with Crippen molar-refractivity contribution in [3.63, 3.8) is 0 Å². The van der Waals surface area contributed by atoms with E-state index in [1.54, 1.807) is 37.7 Å². The SMILES string of the molecule is CCCNc1ccnc(N2CCN(c3ccccc3-c3ncco3)CC2)c1C(=O)N(C)C. The van der Waals surface area contributed by atoms with Crippen LogP contribution in [0.3, 0.4) is 0 Å². The highest BCUT2D eigenvalue weighted by molar-refractivity contribution is 6.04. The van der Waals surface area contributed by atoms with Crippen molar-refractivity contribution in [2.24, 2.45) is 0 Å². The number of carbonyl (C=O) groups is 1. The Morgan fingerprint density at radius 1 is 1.06 bits per heavy atom. The van der Waals surface area contributed by atoms with E-state index in [9.17, 15) is 4.79 Å². The Bertz CT molecular complexity index is 1040. The first-order chi connectivity index (χ1) is 15.6. The number of aromatic nitrogens is 2. The third kappa shape index (κ3) is 4.39. The molecule has 32 heavy (non-hydrogen) atoms. The molecule has 3 heterocycles. The van der Waals surface area contributed by atoms with Crippen LogP contribution in [0.4, 0.5) is 17.2 Å². The summed E-state index contributed by atoms with van der Waals surface area (Å²) in [4.78, 5) is 28.1. The minimum absolute atomic E-state index is 0.0385. The Labute approximate surface area is 188 Å². The average Bonchev–Trinajstić information content (AvgIpc) is 3.37. The number of benzene rings is 1. The molecule has 3 aromatic rings. The van der Waals surface area contributed by atoms with E-state index in [4.69, 9.17) is 4.42 Å². The second kappa shape index (κ2) is 9.72. The zero-order chi connectivity index (χ0) is 22.5. The maximum absolute atomic E-state index is 13.0. The molecular formula is C24H30N6O2. The predicted molar refractivity (Wildman–Crippen MR) is 127 cm³/mol. The number of amides is 1. The van der Waals surface area contributed by atoms with Crippen LogP contribution in [0, 0.1) is 0 Å². The third-order valence-corrected chi connectivity index (χ3v) is 5.60. The highest BCUT2D eigenvalue weighted by Gasteiger charge is 2.27. The molecule has 8 nitrogen and oxygen atoms in total. The first-order valence-electron chi connectivity index (χ1n) is 11.0. The topological polar surface area (TPSA) is 77.7 Å². The van der Waals surface area contributed by atoms with Crippen LogP contribution in [0.5, 0.6) is 0 Å².